The molecule has 0 radical (unpaired) electrons. The number of hydrogen-bond donors (Lipinski definition) is 2. The number of unbranched alkanes of at least 4 members (excludes halogenated alkanes) is 1. The summed E-state index contributed by atoms with van der Waals surface area (Å²) in [6.45, 7) is 4.43. The molecule has 2 N–H and O–H groups in total. The van der Waals surface area contributed by atoms with E-state index in [1.165, 1.54) is 0 Å². The fourth-order valence-electron chi connectivity index (χ4n) is 2.54. The average Bonchev–Trinajstić information content (AvgIpc) is 2.79. The molecular weight excluding hydrogens is 397 g/mol. The summed E-state index contributed by atoms with van der Waals surface area (Å²) in [6.07, 6.45) is 1.68. The largest absolute Gasteiger partial charge is 0.486 e. The highest BCUT2D eigenvalue weighted by molar-refractivity contribution is 14.1. The summed E-state index contributed by atoms with van der Waals surface area (Å²) < 4.78 is 8.72. The molecule has 8 heteroatoms. The topological polar surface area (TPSA) is 74.9 Å². The van der Waals surface area contributed by atoms with Gasteiger partial charge in [0.2, 0.25) is 0 Å². The molecule has 0 atom stereocenters. The van der Waals surface area contributed by atoms with Gasteiger partial charge in [-0.1, -0.05) is 0 Å². The number of halogens is 1. The lowest BCUT2D eigenvalue weighted by Gasteiger charge is -2.29. The molecule has 0 bridgehead atoms. The Morgan fingerprint density at radius 1 is 1.41 bits per heavy atom. The first-order valence-corrected chi connectivity index (χ1v) is 8.49. The number of aliphatic hydroxyl groups is 1. The third-order valence-corrected chi connectivity index (χ3v) is 4.97. The Morgan fingerprint density at radius 3 is 3.00 bits per heavy atom. The molecule has 1 aliphatic rings. The zero-order chi connectivity index (χ0) is 15.7. The van der Waals surface area contributed by atoms with Crippen LogP contribution in [0.5, 0.6) is 5.75 Å². The molecule has 3 heterocycles. The zero-order valence-corrected chi connectivity index (χ0v) is 14.9. The number of rotatable bonds is 5. The van der Waals surface area contributed by atoms with Crippen LogP contribution in [0.2, 0.25) is 0 Å². The summed E-state index contributed by atoms with van der Waals surface area (Å²) in [5, 5.41) is 17.0. The number of fused-ring (bicyclic) bond motifs is 3. The second-order valence-corrected chi connectivity index (χ2v) is 6.40. The second kappa shape index (κ2) is 6.45. The highest BCUT2D eigenvalue weighted by Crippen LogP contribution is 2.40. The molecule has 1 aliphatic heterocycles. The Kier molecular flexibility index (Phi) is 4.57. The van der Waals surface area contributed by atoms with Crippen molar-refractivity contribution < 1.29 is 9.84 Å². The quantitative estimate of drug-likeness (QED) is 0.570. The summed E-state index contributed by atoms with van der Waals surface area (Å²) in [5.41, 5.74) is 2.68. The Balaban J connectivity index is 2.05. The van der Waals surface area contributed by atoms with Gasteiger partial charge in [-0.2, -0.15) is 0 Å². The van der Waals surface area contributed by atoms with Gasteiger partial charge in [0.05, 0.1) is 12.2 Å². The molecule has 120 valence electrons. The van der Waals surface area contributed by atoms with Crippen LogP contribution in [0.15, 0.2) is 0 Å². The van der Waals surface area contributed by atoms with Gasteiger partial charge in [0.1, 0.15) is 16.0 Å². The van der Waals surface area contributed by atoms with Gasteiger partial charge in [-0.25, -0.2) is 9.50 Å². The van der Waals surface area contributed by atoms with Gasteiger partial charge >= 0.3 is 0 Å². The van der Waals surface area contributed by atoms with Gasteiger partial charge in [-0.3, -0.25) is 0 Å². The first kappa shape index (κ1) is 15.6. The van der Waals surface area contributed by atoms with E-state index in [1.54, 1.807) is 0 Å². The lowest BCUT2D eigenvalue weighted by Crippen LogP contribution is -2.31. The van der Waals surface area contributed by atoms with Gasteiger partial charge in [0.25, 0.3) is 0 Å². The van der Waals surface area contributed by atoms with Crippen LogP contribution in [0, 0.1) is 10.6 Å². The van der Waals surface area contributed by atoms with E-state index in [0.717, 1.165) is 58.2 Å². The van der Waals surface area contributed by atoms with E-state index in [9.17, 15) is 0 Å². The molecule has 0 spiro atoms. The molecule has 0 fully saturated rings. The van der Waals surface area contributed by atoms with Gasteiger partial charge < -0.3 is 20.1 Å². The summed E-state index contributed by atoms with van der Waals surface area (Å²) in [5.74, 6) is 1.59. The number of aliphatic hydroxyl groups excluding tert-OH is 1. The van der Waals surface area contributed by atoms with Gasteiger partial charge in [-0.05, 0) is 42.4 Å². The SMILES string of the molecule is Cc1nc2c3c(c(NCCCCO)nn2c1I)N(C)CCO3. The van der Waals surface area contributed by atoms with Crippen molar-refractivity contribution in [3.63, 3.8) is 0 Å². The molecule has 0 saturated heterocycles. The Bertz CT molecular complexity index is 688. The third-order valence-electron chi connectivity index (χ3n) is 3.73. The van der Waals surface area contributed by atoms with Crippen molar-refractivity contribution in [3.05, 3.63) is 9.39 Å². The normalized spacial score (nSPS) is 14.1. The molecule has 0 aliphatic carbocycles. The first-order chi connectivity index (χ1) is 10.6. The number of anilines is 2. The van der Waals surface area contributed by atoms with E-state index in [4.69, 9.17) is 14.9 Å². The van der Waals surface area contributed by atoms with Crippen molar-refractivity contribution in [3.8, 4) is 5.75 Å². The van der Waals surface area contributed by atoms with E-state index in [-0.39, 0.29) is 6.61 Å². The maximum atomic E-state index is 8.89. The van der Waals surface area contributed by atoms with E-state index in [1.807, 2.05) is 18.5 Å². The van der Waals surface area contributed by atoms with Crippen molar-refractivity contribution in [2.24, 2.45) is 0 Å². The smallest absolute Gasteiger partial charge is 0.200 e. The van der Waals surface area contributed by atoms with Crippen LogP contribution in [0.3, 0.4) is 0 Å². The summed E-state index contributed by atoms with van der Waals surface area (Å²) in [7, 11) is 2.04. The van der Waals surface area contributed by atoms with Gasteiger partial charge in [0, 0.05) is 20.2 Å². The third kappa shape index (κ3) is 2.69. The van der Waals surface area contributed by atoms with E-state index in [0.29, 0.717) is 6.61 Å². The average molecular weight is 417 g/mol. The number of nitrogens with one attached hydrogen (secondary N) is 1. The highest BCUT2D eigenvalue weighted by atomic mass is 127. The number of aromatic nitrogens is 3. The van der Waals surface area contributed by atoms with E-state index < -0.39 is 0 Å². The minimum absolute atomic E-state index is 0.216. The van der Waals surface area contributed by atoms with Crippen LogP contribution >= 0.6 is 22.6 Å². The van der Waals surface area contributed by atoms with Crippen molar-refractivity contribution in [2.45, 2.75) is 19.8 Å². The molecule has 22 heavy (non-hydrogen) atoms. The maximum Gasteiger partial charge on any atom is 0.200 e. The maximum absolute atomic E-state index is 8.89. The van der Waals surface area contributed by atoms with E-state index in [2.05, 4.69) is 37.8 Å². The van der Waals surface area contributed by atoms with Crippen molar-refractivity contribution in [1.82, 2.24) is 14.6 Å². The lowest BCUT2D eigenvalue weighted by molar-refractivity contribution is 0.286. The Hall–Kier alpha value is -1.29. The predicted octanol–water partition coefficient (Wildman–Crippen LogP) is 1.66. The molecule has 3 rings (SSSR count). The molecule has 2 aromatic heterocycles. The summed E-state index contributed by atoms with van der Waals surface area (Å²) in [4.78, 5) is 6.74. The number of nitrogens with zero attached hydrogens (tertiary/aromatic N) is 4. The fourth-order valence-corrected chi connectivity index (χ4v) is 3.00. The minimum atomic E-state index is 0.216. The molecule has 7 nitrogen and oxygen atoms in total. The van der Waals surface area contributed by atoms with Crippen molar-refractivity contribution in [1.29, 1.82) is 0 Å². The Labute approximate surface area is 142 Å². The predicted molar refractivity (Wildman–Crippen MR) is 94.0 cm³/mol. The van der Waals surface area contributed by atoms with Crippen molar-refractivity contribution >= 4 is 39.7 Å². The highest BCUT2D eigenvalue weighted by Gasteiger charge is 2.26. The number of imidazole rings is 1. The molecule has 0 aromatic carbocycles. The van der Waals surface area contributed by atoms with Gasteiger partial charge in [0.15, 0.2) is 17.2 Å². The number of ether oxygens (including phenoxy) is 1. The lowest BCUT2D eigenvalue weighted by atomic mass is 10.3. The van der Waals surface area contributed by atoms with Crippen LogP contribution in [-0.4, -0.2) is 53.1 Å². The van der Waals surface area contributed by atoms with Gasteiger partial charge in [-0.15, -0.1) is 5.10 Å². The first-order valence-electron chi connectivity index (χ1n) is 7.41. The number of aryl methyl sites for hydroxylation is 1. The standard InChI is InChI=1S/C14H20IN5O2/c1-9-12(15)20-14(17-9)11-10(19(2)6-8-22-11)13(18-20)16-5-3-4-7-21/h21H,3-8H2,1-2H3,(H,16,18). The van der Waals surface area contributed by atoms with Crippen LogP contribution < -0.4 is 15.0 Å². The number of hydrogen-bond acceptors (Lipinski definition) is 6. The molecule has 0 unspecified atom stereocenters. The second-order valence-electron chi connectivity index (χ2n) is 5.38. The van der Waals surface area contributed by atoms with Crippen LogP contribution in [0.25, 0.3) is 5.65 Å². The molecular formula is C14H20IN5O2. The van der Waals surface area contributed by atoms with Crippen LogP contribution in [0.4, 0.5) is 11.5 Å². The van der Waals surface area contributed by atoms with Crippen LogP contribution in [-0.2, 0) is 0 Å². The van der Waals surface area contributed by atoms with Crippen LogP contribution in [0.1, 0.15) is 18.5 Å². The zero-order valence-electron chi connectivity index (χ0n) is 12.8. The van der Waals surface area contributed by atoms with E-state index >= 15 is 0 Å². The molecule has 0 amide bonds. The molecule has 0 saturated carbocycles. The van der Waals surface area contributed by atoms with Crippen molar-refractivity contribution in [2.75, 3.05) is 43.6 Å². The fraction of sp³-hybridized carbons (Fsp3) is 0.571. The minimum Gasteiger partial charge on any atom is -0.486 e. The monoisotopic (exact) mass is 417 g/mol. The number of likely N-dealkylation sites (N-methyl/N-ethyl adjacent to an activating group) is 1. The Morgan fingerprint density at radius 2 is 2.23 bits per heavy atom. The molecule has 2 aromatic rings. The summed E-state index contributed by atoms with van der Waals surface area (Å²) >= 11 is 2.25. The summed E-state index contributed by atoms with van der Waals surface area (Å²) in [6, 6.07) is 0.